The van der Waals surface area contributed by atoms with Crippen LogP contribution in [-0.2, 0) is 0 Å². The summed E-state index contributed by atoms with van der Waals surface area (Å²) < 4.78 is 0. The summed E-state index contributed by atoms with van der Waals surface area (Å²) in [4.78, 5) is 4.72. The molecule has 0 radical (unpaired) electrons. The van der Waals surface area contributed by atoms with Gasteiger partial charge in [0.1, 0.15) is 0 Å². The van der Waals surface area contributed by atoms with Gasteiger partial charge in [0.05, 0.1) is 0 Å². The summed E-state index contributed by atoms with van der Waals surface area (Å²) in [6, 6.07) is 0. The third kappa shape index (κ3) is 6.28. The zero-order valence-electron chi connectivity index (χ0n) is 7.30. The number of hydrogen-bond acceptors (Lipinski definition) is 3. The van der Waals surface area contributed by atoms with Crippen LogP contribution in [-0.4, -0.2) is 57.1 Å². The molecule has 1 saturated heterocycles. The lowest BCUT2D eigenvalue weighted by Crippen LogP contribution is -2.42. The van der Waals surface area contributed by atoms with E-state index < -0.39 is 0 Å². The predicted octanol–water partition coefficient (Wildman–Crippen LogP) is 0.0746. The van der Waals surface area contributed by atoms with Crippen LogP contribution in [0.25, 0.3) is 0 Å². The molecule has 0 aromatic heterocycles. The number of nitrogens with zero attached hydrogens (tertiary/aromatic N) is 2. The molecule has 0 unspecified atom stereocenters. The topological polar surface area (TPSA) is 32.5 Å². The van der Waals surface area contributed by atoms with Gasteiger partial charge in [-0.1, -0.05) is 7.43 Å². The zero-order valence-corrected chi connectivity index (χ0v) is 7.30. The highest BCUT2D eigenvalue weighted by Gasteiger charge is 2.07. The maximum absolute atomic E-state index is 4.50. The van der Waals surface area contributed by atoms with Crippen molar-refractivity contribution in [2.45, 2.75) is 7.43 Å². The fraction of sp³-hybridized carbons (Fsp3) is 1.00. The number of hydrogen-bond donors (Lipinski definition) is 1. The molecule has 0 spiro atoms. The standard InChI is InChI=1S/C6H14N2.CH5N.CH4/c1-7-3-5-8(2)6-4-7;1-2;/h3-6H2,1-2H3;2H2,1H3;1H4. The maximum atomic E-state index is 4.50. The van der Waals surface area contributed by atoms with Crippen LogP contribution in [0.1, 0.15) is 7.43 Å². The van der Waals surface area contributed by atoms with Crippen LogP contribution in [0.5, 0.6) is 0 Å². The van der Waals surface area contributed by atoms with E-state index >= 15 is 0 Å². The summed E-state index contributed by atoms with van der Waals surface area (Å²) in [5, 5.41) is 0. The van der Waals surface area contributed by atoms with Gasteiger partial charge in [0.25, 0.3) is 0 Å². The van der Waals surface area contributed by atoms with Gasteiger partial charge in [0.15, 0.2) is 0 Å². The highest BCUT2D eigenvalue weighted by molar-refractivity contribution is 4.64. The first kappa shape index (κ1) is 13.5. The van der Waals surface area contributed by atoms with Gasteiger partial charge in [-0.2, -0.15) is 0 Å². The van der Waals surface area contributed by atoms with Crippen molar-refractivity contribution in [3.05, 3.63) is 0 Å². The second kappa shape index (κ2) is 7.98. The van der Waals surface area contributed by atoms with Crippen molar-refractivity contribution in [3.8, 4) is 0 Å². The molecule has 3 nitrogen and oxygen atoms in total. The minimum Gasteiger partial charge on any atom is -0.333 e. The van der Waals surface area contributed by atoms with Crippen LogP contribution in [0.3, 0.4) is 0 Å². The molecule has 0 bridgehead atoms. The molecule has 1 heterocycles. The summed E-state index contributed by atoms with van der Waals surface area (Å²) in [5.41, 5.74) is 4.50. The van der Waals surface area contributed by atoms with E-state index in [1.165, 1.54) is 33.2 Å². The zero-order chi connectivity index (χ0) is 7.98. The summed E-state index contributed by atoms with van der Waals surface area (Å²) in [6.45, 7) is 4.93. The van der Waals surface area contributed by atoms with Gasteiger partial charge in [-0.15, -0.1) is 0 Å². The maximum Gasteiger partial charge on any atom is 0.0107 e. The van der Waals surface area contributed by atoms with Gasteiger partial charge in [-0.3, -0.25) is 0 Å². The first-order chi connectivity index (χ1) is 4.79. The van der Waals surface area contributed by atoms with Gasteiger partial charge in [0.2, 0.25) is 0 Å². The molecule has 0 aromatic carbocycles. The van der Waals surface area contributed by atoms with Crippen LogP contribution in [0.2, 0.25) is 0 Å². The number of piperazine rings is 1. The van der Waals surface area contributed by atoms with E-state index in [-0.39, 0.29) is 7.43 Å². The molecule has 0 amide bonds. The average molecular weight is 161 g/mol. The molecule has 3 heteroatoms. The molecule has 2 N–H and O–H groups in total. The highest BCUT2D eigenvalue weighted by atomic mass is 15.2. The van der Waals surface area contributed by atoms with Crippen molar-refractivity contribution in [2.24, 2.45) is 5.73 Å². The van der Waals surface area contributed by atoms with Crippen molar-refractivity contribution >= 4 is 0 Å². The van der Waals surface area contributed by atoms with Gasteiger partial charge in [0, 0.05) is 26.2 Å². The molecular formula is C8H23N3. The van der Waals surface area contributed by atoms with Crippen LogP contribution >= 0.6 is 0 Å². The van der Waals surface area contributed by atoms with E-state index in [4.69, 9.17) is 0 Å². The van der Waals surface area contributed by atoms with Crippen LogP contribution < -0.4 is 5.73 Å². The number of rotatable bonds is 0. The van der Waals surface area contributed by atoms with Crippen LogP contribution in [0.15, 0.2) is 0 Å². The van der Waals surface area contributed by atoms with Crippen molar-refractivity contribution in [3.63, 3.8) is 0 Å². The van der Waals surface area contributed by atoms with Gasteiger partial charge in [-0.05, 0) is 21.1 Å². The molecule has 1 aliphatic heterocycles. The normalized spacial score (nSPS) is 19.6. The molecule has 1 fully saturated rings. The second-order valence-electron chi connectivity index (χ2n) is 2.61. The summed E-state index contributed by atoms with van der Waals surface area (Å²) >= 11 is 0. The summed E-state index contributed by atoms with van der Waals surface area (Å²) in [7, 11) is 5.85. The lowest BCUT2D eigenvalue weighted by molar-refractivity contribution is 0.181. The lowest BCUT2D eigenvalue weighted by atomic mass is 10.4. The first-order valence-electron chi connectivity index (χ1n) is 3.74. The first-order valence-corrected chi connectivity index (χ1v) is 3.74. The SMILES string of the molecule is C.CN.CN1CCN(C)CC1. The Morgan fingerprint density at radius 3 is 1.18 bits per heavy atom. The van der Waals surface area contributed by atoms with E-state index in [0.717, 1.165) is 0 Å². The molecule has 0 aliphatic carbocycles. The Hall–Kier alpha value is -0.120. The van der Waals surface area contributed by atoms with E-state index in [1.54, 1.807) is 0 Å². The minimum atomic E-state index is 0. The van der Waals surface area contributed by atoms with Crippen LogP contribution in [0, 0.1) is 0 Å². The fourth-order valence-electron chi connectivity index (χ4n) is 0.906. The highest BCUT2D eigenvalue weighted by Crippen LogP contribution is 1.93. The van der Waals surface area contributed by atoms with Crippen molar-refractivity contribution in [1.29, 1.82) is 0 Å². The second-order valence-corrected chi connectivity index (χ2v) is 2.61. The molecular weight excluding hydrogens is 138 g/mol. The van der Waals surface area contributed by atoms with Gasteiger partial charge in [-0.25, -0.2) is 0 Å². The number of nitrogens with two attached hydrogens (primary N) is 1. The predicted molar refractivity (Wildman–Crippen MR) is 51.8 cm³/mol. The third-order valence-corrected chi connectivity index (χ3v) is 1.73. The average Bonchev–Trinajstić information content (AvgIpc) is 2.00. The Labute approximate surface area is 71.2 Å². The smallest absolute Gasteiger partial charge is 0.0107 e. The van der Waals surface area contributed by atoms with Gasteiger partial charge < -0.3 is 15.5 Å². The molecule has 1 rings (SSSR count). The largest absolute Gasteiger partial charge is 0.333 e. The molecule has 11 heavy (non-hydrogen) atoms. The molecule has 0 aromatic rings. The minimum absolute atomic E-state index is 0. The summed E-state index contributed by atoms with van der Waals surface area (Å²) in [5.74, 6) is 0. The Kier molecular flexibility index (Phi) is 9.77. The Balaban J connectivity index is 0. The Morgan fingerprint density at radius 1 is 0.818 bits per heavy atom. The number of likely N-dealkylation sites (N-methyl/N-ethyl adjacent to an activating group) is 2. The van der Waals surface area contributed by atoms with E-state index in [1.807, 2.05) is 0 Å². The lowest BCUT2D eigenvalue weighted by Gasteiger charge is -2.28. The Bertz CT molecular complexity index is 57.7. The van der Waals surface area contributed by atoms with E-state index in [2.05, 4.69) is 29.6 Å². The monoisotopic (exact) mass is 161 g/mol. The van der Waals surface area contributed by atoms with Crippen molar-refractivity contribution in [2.75, 3.05) is 47.3 Å². The fourth-order valence-corrected chi connectivity index (χ4v) is 0.906. The third-order valence-electron chi connectivity index (χ3n) is 1.73. The van der Waals surface area contributed by atoms with E-state index in [9.17, 15) is 0 Å². The summed E-state index contributed by atoms with van der Waals surface area (Å²) in [6.07, 6.45) is 0. The van der Waals surface area contributed by atoms with E-state index in [0.29, 0.717) is 0 Å². The van der Waals surface area contributed by atoms with Crippen molar-refractivity contribution < 1.29 is 0 Å². The molecule has 1 aliphatic rings. The molecule has 0 atom stereocenters. The molecule has 70 valence electrons. The van der Waals surface area contributed by atoms with Crippen molar-refractivity contribution in [1.82, 2.24) is 9.80 Å². The van der Waals surface area contributed by atoms with Gasteiger partial charge >= 0.3 is 0 Å². The molecule has 0 saturated carbocycles. The quantitative estimate of drug-likeness (QED) is 0.546. The Morgan fingerprint density at radius 2 is 1.00 bits per heavy atom. The van der Waals surface area contributed by atoms with Crippen LogP contribution in [0.4, 0.5) is 0 Å².